The van der Waals surface area contributed by atoms with Crippen LogP contribution >= 0.6 is 31.9 Å². The fraction of sp³-hybridized carbons (Fsp3) is 0.278. The molecule has 1 heterocycles. The van der Waals surface area contributed by atoms with Gasteiger partial charge in [-0.05, 0) is 36.8 Å². The van der Waals surface area contributed by atoms with Crippen molar-refractivity contribution in [2.75, 3.05) is 13.1 Å². The zero-order valence-electron chi connectivity index (χ0n) is 13.3. The number of likely N-dealkylation sites (tertiary alicyclic amines) is 1. The van der Waals surface area contributed by atoms with Gasteiger partial charge in [-0.1, -0.05) is 37.9 Å². The number of hydrogen-bond acceptors (Lipinski definition) is 3. The van der Waals surface area contributed by atoms with Crippen LogP contribution in [0.25, 0.3) is 0 Å². The van der Waals surface area contributed by atoms with Crippen LogP contribution in [0.2, 0.25) is 0 Å². The molecule has 1 atom stereocenters. The summed E-state index contributed by atoms with van der Waals surface area (Å²) < 4.78 is 27.5. The smallest absolute Gasteiger partial charge is 0.152 e. The van der Waals surface area contributed by atoms with Gasteiger partial charge in [0.1, 0.15) is 11.6 Å². The average Bonchev–Trinajstić information content (AvgIpc) is 2.96. The number of hydrogen-bond donors (Lipinski definition) is 1. The number of halogens is 4. The summed E-state index contributed by atoms with van der Waals surface area (Å²) in [6, 6.07) is 9.39. The third-order valence-corrected chi connectivity index (χ3v) is 4.73. The van der Waals surface area contributed by atoms with E-state index in [1.807, 2.05) is 6.07 Å². The lowest BCUT2D eigenvalue weighted by Crippen LogP contribution is -2.22. The van der Waals surface area contributed by atoms with Crippen LogP contribution in [0, 0.1) is 11.6 Å². The van der Waals surface area contributed by atoms with Crippen LogP contribution in [0.15, 0.2) is 45.3 Å². The van der Waals surface area contributed by atoms with Crippen LogP contribution in [0.3, 0.4) is 0 Å². The van der Waals surface area contributed by atoms with Gasteiger partial charge in [0.05, 0.1) is 11.7 Å². The first kappa shape index (κ1) is 20.2. The highest BCUT2D eigenvalue weighted by molar-refractivity contribution is 9.10. The van der Waals surface area contributed by atoms with Gasteiger partial charge in [-0.3, -0.25) is 9.69 Å². The Morgan fingerprint density at radius 1 is 1.12 bits per heavy atom. The van der Waals surface area contributed by atoms with Crippen molar-refractivity contribution in [3.05, 3.63) is 68.1 Å². The Balaban J connectivity index is 0.000000196. The molecule has 134 valence electrons. The number of aldehydes is 1. The van der Waals surface area contributed by atoms with Crippen LogP contribution in [0.1, 0.15) is 22.3 Å². The molecule has 1 fully saturated rings. The molecular formula is C18H17Br2F2NO2. The molecular weight excluding hydrogens is 460 g/mol. The first-order valence-electron chi connectivity index (χ1n) is 7.63. The fourth-order valence-electron chi connectivity index (χ4n) is 2.44. The molecule has 3 nitrogen and oxygen atoms in total. The van der Waals surface area contributed by atoms with Crippen LogP contribution in [-0.2, 0) is 6.54 Å². The molecule has 2 aromatic carbocycles. The highest BCUT2D eigenvalue weighted by atomic mass is 79.9. The zero-order valence-corrected chi connectivity index (χ0v) is 16.4. The van der Waals surface area contributed by atoms with Crippen molar-refractivity contribution >= 4 is 38.1 Å². The van der Waals surface area contributed by atoms with E-state index in [0.29, 0.717) is 29.4 Å². The minimum Gasteiger partial charge on any atom is -0.392 e. The van der Waals surface area contributed by atoms with Crippen molar-refractivity contribution in [2.45, 2.75) is 19.1 Å². The van der Waals surface area contributed by atoms with E-state index in [-0.39, 0.29) is 17.5 Å². The van der Waals surface area contributed by atoms with Crippen molar-refractivity contribution in [2.24, 2.45) is 0 Å². The van der Waals surface area contributed by atoms with Crippen LogP contribution in [-0.4, -0.2) is 35.5 Å². The van der Waals surface area contributed by atoms with Gasteiger partial charge in [0.2, 0.25) is 0 Å². The number of carbonyl (C=O) groups is 1. The van der Waals surface area contributed by atoms with E-state index in [2.05, 4.69) is 36.8 Å². The van der Waals surface area contributed by atoms with E-state index in [9.17, 15) is 18.7 Å². The molecule has 0 saturated carbocycles. The summed E-state index contributed by atoms with van der Waals surface area (Å²) in [5.41, 5.74) is 0.774. The molecule has 0 amide bonds. The van der Waals surface area contributed by atoms with Crippen molar-refractivity contribution < 1.29 is 18.7 Å². The van der Waals surface area contributed by atoms with Crippen molar-refractivity contribution in [1.29, 1.82) is 0 Å². The van der Waals surface area contributed by atoms with Crippen LogP contribution < -0.4 is 0 Å². The van der Waals surface area contributed by atoms with E-state index < -0.39 is 5.82 Å². The third kappa shape index (κ3) is 6.26. The van der Waals surface area contributed by atoms with Crippen molar-refractivity contribution in [3.8, 4) is 0 Å². The number of aliphatic hydroxyl groups excluding tert-OH is 1. The molecule has 1 N–H and O–H groups in total. The van der Waals surface area contributed by atoms with Gasteiger partial charge in [0.15, 0.2) is 6.29 Å². The third-order valence-electron chi connectivity index (χ3n) is 3.75. The number of benzene rings is 2. The highest BCUT2D eigenvalue weighted by Gasteiger charge is 2.20. The molecule has 0 aromatic heterocycles. The molecule has 7 heteroatoms. The van der Waals surface area contributed by atoms with Gasteiger partial charge in [0.25, 0.3) is 0 Å². The second kappa shape index (κ2) is 9.52. The van der Waals surface area contributed by atoms with Gasteiger partial charge in [-0.15, -0.1) is 0 Å². The largest absolute Gasteiger partial charge is 0.392 e. The summed E-state index contributed by atoms with van der Waals surface area (Å²) in [5.74, 6) is -0.685. The summed E-state index contributed by atoms with van der Waals surface area (Å²) in [7, 11) is 0. The Hall–Kier alpha value is -1.15. The molecule has 2 aromatic rings. The topological polar surface area (TPSA) is 40.5 Å². The predicted molar refractivity (Wildman–Crippen MR) is 99.5 cm³/mol. The lowest BCUT2D eigenvalue weighted by molar-refractivity contribution is 0.111. The predicted octanol–water partition coefficient (Wildman–Crippen LogP) is 4.56. The first-order valence-corrected chi connectivity index (χ1v) is 9.22. The minimum atomic E-state index is -0.496. The molecule has 1 aliphatic heterocycles. The Morgan fingerprint density at radius 2 is 1.76 bits per heavy atom. The SMILES string of the molecule is O=Cc1ccc(Br)cc1F.O[C@@H]1CCN(Cc2ccc(Br)cc2F)C1. The van der Waals surface area contributed by atoms with Crippen molar-refractivity contribution in [3.63, 3.8) is 0 Å². The average molecular weight is 477 g/mol. The number of rotatable bonds is 3. The van der Waals surface area contributed by atoms with E-state index in [1.165, 1.54) is 18.2 Å². The minimum absolute atomic E-state index is 0.0863. The Morgan fingerprint density at radius 3 is 2.28 bits per heavy atom. The molecule has 3 rings (SSSR count). The Kier molecular flexibility index (Phi) is 7.68. The lowest BCUT2D eigenvalue weighted by Gasteiger charge is -2.15. The molecule has 0 spiro atoms. The van der Waals surface area contributed by atoms with Gasteiger partial charge in [-0.2, -0.15) is 0 Å². The Bertz CT molecular complexity index is 743. The van der Waals surface area contributed by atoms with Gasteiger partial charge < -0.3 is 5.11 Å². The van der Waals surface area contributed by atoms with Crippen molar-refractivity contribution in [1.82, 2.24) is 4.90 Å². The zero-order chi connectivity index (χ0) is 18.4. The number of nitrogens with zero attached hydrogens (tertiary/aromatic N) is 1. The highest BCUT2D eigenvalue weighted by Crippen LogP contribution is 2.19. The van der Waals surface area contributed by atoms with E-state index >= 15 is 0 Å². The maximum absolute atomic E-state index is 13.5. The second-order valence-electron chi connectivity index (χ2n) is 5.70. The summed E-state index contributed by atoms with van der Waals surface area (Å²) in [5, 5.41) is 9.35. The summed E-state index contributed by atoms with van der Waals surface area (Å²) in [6.45, 7) is 2.07. The van der Waals surface area contributed by atoms with Crippen LogP contribution in [0.5, 0.6) is 0 Å². The fourth-order valence-corrected chi connectivity index (χ4v) is 3.11. The Labute approximate surface area is 161 Å². The molecule has 1 saturated heterocycles. The van der Waals surface area contributed by atoms with Crippen LogP contribution in [0.4, 0.5) is 8.78 Å². The van der Waals surface area contributed by atoms with Gasteiger partial charge >= 0.3 is 0 Å². The molecule has 0 aliphatic carbocycles. The first-order chi connectivity index (χ1) is 11.9. The quantitative estimate of drug-likeness (QED) is 0.660. The maximum atomic E-state index is 13.5. The van der Waals surface area contributed by atoms with E-state index in [1.54, 1.807) is 12.1 Å². The second-order valence-corrected chi connectivity index (χ2v) is 7.53. The van der Waals surface area contributed by atoms with E-state index in [4.69, 9.17) is 0 Å². The maximum Gasteiger partial charge on any atom is 0.152 e. The molecule has 0 bridgehead atoms. The monoisotopic (exact) mass is 475 g/mol. The molecule has 1 aliphatic rings. The molecule has 0 radical (unpaired) electrons. The van der Waals surface area contributed by atoms with E-state index in [0.717, 1.165) is 17.4 Å². The molecule has 0 unspecified atom stereocenters. The summed E-state index contributed by atoms with van der Waals surface area (Å²) >= 11 is 6.29. The normalized spacial score (nSPS) is 17.1. The summed E-state index contributed by atoms with van der Waals surface area (Å²) in [6.07, 6.45) is 1.03. The number of β-amino-alcohol motifs (C(OH)–C–C–N with tert-alkyl or cyclic N) is 1. The molecule has 25 heavy (non-hydrogen) atoms. The standard InChI is InChI=1S/C11H13BrFNO.C7H4BrFO/c12-9-2-1-8(11(13)5-9)6-14-4-3-10(15)7-14;8-6-2-1-5(4-10)7(9)3-6/h1-2,5,10,15H,3-4,6-7H2;1-4H/t10-;/m1./s1. The lowest BCUT2D eigenvalue weighted by atomic mass is 10.2. The van der Waals surface area contributed by atoms with Gasteiger partial charge in [-0.25, -0.2) is 8.78 Å². The summed E-state index contributed by atoms with van der Waals surface area (Å²) in [4.78, 5) is 12.1. The number of aliphatic hydroxyl groups is 1. The van der Waals surface area contributed by atoms with Gasteiger partial charge in [0, 0.05) is 34.1 Å². The number of carbonyl (C=O) groups excluding carboxylic acids is 1.